The summed E-state index contributed by atoms with van der Waals surface area (Å²) in [6, 6.07) is 13.4. The summed E-state index contributed by atoms with van der Waals surface area (Å²) in [4.78, 5) is 28.6. The number of benzene rings is 2. The largest absolute Gasteiger partial charge is 0.352 e. The van der Waals surface area contributed by atoms with Gasteiger partial charge in [-0.15, -0.1) is 0 Å². The van der Waals surface area contributed by atoms with Crippen molar-refractivity contribution in [2.75, 3.05) is 0 Å². The van der Waals surface area contributed by atoms with Crippen molar-refractivity contribution in [2.24, 2.45) is 0 Å². The van der Waals surface area contributed by atoms with E-state index in [4.69, 9.17) is 11.6 Å². The van der Waals surface area contributed by atoms with Crippen molar-refractivity contribution in [3.63, 3.8) is 0 Å². The Balaban J connectivity index is 1.83. The van der Waals surface area contributed by atoms with Crippen LogP contribution in [-0.4, -0.2) is 28.8 Å². The summed E-state index contributed by atoms with van der Waals surface area (Å²) in [5.41, 5.74) is 4.20. The Morgan fingerprint density at radius 1 is 1.06 bits per heavy atom. The van der Waals surface area contributed by atoms with Gasteiger partial charge in [0.1, 0.15) is 6.04 Å². The number of rotatable bonds is 8. The molecule has 0 radical (unpaired) electrons. The molecular weight excluding hydrogens is 420 g/mol. The van der Waals surface area contributed by atoms with Gasteiger partial charge in [-0.05, 0) is 61.9 Å². The van der Waals surface area contributed by atoms with E-state index in [1.54, 1.807) is 4.90 Å². The van der Waals surface area contributed by atoms with Crippen molar-refractivity contribution in [3.8, 4) is 0 Å². The smallest absolute Gasteiger partial charge is 0.243 e. The maximum absolute atomic E-state index is 13.6. The molecule has 2 amide bonds. The minimum absolute atomic E-state index is 0.0284. The first-order chi connectivity index (χ1) is 15.4. The highest BCUT2D eigenvalue weighted by molar-refractivity contribution is 6.30. The van der Waals surface area contributed by atoms with Crippen LogP contribution in [0.1, 0.15) is 67.7 Å². The summed E-state index contributed by atoms with van der Waals surface area (Å²) in [5.74, 6) is -0.0676. The standard InChI is InChI=1S/C27H35ClN2O2/c1-4-25(27(32)29-24-8-6-5-7-9-24)30(18-21-12-14-23(28)15-13-21)26(31)17-22-16-19(2)10-11-20(22)3/h10-16,24-25H,4-9,17-18H2,1-3H3,(H,29,32)/t25-/m0/s1. The monoisotopic (exact) mass is 454 g/mol. The van der Waals surface area contributed by atoms with Gasteiger partial charge in [0.15, 0.2) is 0 Å². The van der Waals surface area contributed by atoms with Crippen molar-refractivity contribution in [1.29, 1.82) is 0 Å². The second-order valence-corrected chi connectivity index (χ2v) is 9.46. The van der Waals surface area contributed by atoms with Crippen LogP contribution in [0.5, 0.6) is 0 Å². The zero-order valence-electron chi connectivity index (χ0n) is 19.5. The molecule has 2 aromatic rings. The van der Waals surface area contributed by atoms with Crippen molar-refractivity contribution in [1.82, 2.24) is 10.2 Å². The first-order valence-corrected chi connectivity index (χ1v) is 12.2. The number of amides is 2. The van der Waals surface area contributed by atoms with Gasteiger partial charge in [-0.3, -0.25) is 9.59 Å². The van der Waals surface area contributed by atoms with Crippen molar-refractivity contribution in [3.05, 3.63) is 69.7 Å². The van der Waals surface area contributed by atoms with Gasteiger partial charge in [0, 0.05) is 17.6 Å². The van der Waals surface area contributed by atoms with E-state index in [1.165, 1.54) is 6.42 Å². The van der Waals surface area contributed by atoms with Crippen LogP contribution in [0.4, 0.5) is 0 Å². The summed E-state index contributed by atoms with van der Waals surface area (Å²) < 4.78 is 0. The number of halogens is 1. The van der Waals surface area contributed by atoms with Gasteiger partial charge in [0.25, 0.3) is 0 Å². The van der Waals surface area contributed by atoms with E-state index < -0.39 is 6.04 Å². The van der Waals surface area contributed by atoms with Crippen LogP contribution < -0.4 is 5.32 Å². The van der Waals surface area contributed by atoms with E-state index in [1.807, 2.05) is 45.0 Å². The Hall–Kier alpha value is -2.33. The van der Waals surface area contributed by atoms with Gasteiger partial charge >= 0.3 is 0 Å². The minimum Gasteiger partial charge on any atom is -0.352 e. The van der Waals surface area contributed by atoms with Gasteiger partial charge in [-0.2, -0.15) is 0 Å². The van der Waals surface area contributed by atoms with Crippen LogP contribution in [0.25, 0.3) is 0 Å². The molecule has 1 atom stereocenters. The maximum Gasteiger partial charge on any atom is 0.243 e. The molecule has 1 fully saturated rings. The molecule has 0 saturated heterocycles. The van der Waals surface area contributed by atoms with Gasteiger partial charge in [-0.25, -0.2) is 0 Å². The molecule has 172 valence electrons. The van der Waals surface area contributed by atoms with Crippen LogP contribution in [0.3, 0.4) is 0 Å². The summed E-state index contributed by atoms with van der Waals surface area (Å²) in [7, 11) is 0. The van der Waals surface area contributed by atoms with Crippen LogP contribution in [0, 0.1) is 13.8 Å². The second-order valence-electron chi connectivity index (χ2n) is 9.02. The van der Waals surface area contributed by atoms with E-state index in [2.05, 4.69) is 23.5 Å². The number of nitrogens with one attached hydrogen (secondary N) is 1. The molecule has 1 saturated carbocycles. The van der Waals surface area contributed by atoms with Gasteiger partial charge in [0.05, 0.1) is 6.42 Å². The molecule has 0 unspecified atom stereocenters. The highest BCUT2D eigenvalue weighted by Gasteiger charge is 2.30. The van der Waals surface area contributed by atoms with E-state index in [0.29, 0.717) is 18.0 Å². The van der Waals surface area contributed by atoms with Crippen LogP contribution in [-0.2, 0) is 22.6 Å². The van der Waals surface area contributed by atoms with Crippen molar-refractivity contribution >= 4 is 23.4 Å². The topological polar surface area (TPSA) is 49.4 Å². The Morgan fingerprint density at radius 3 is 2.41 bits per heavy atom. The average molecular weight is 455 g/mol. The van der Waals surface area contributed by atoms with Gasteiger partial charge < -0.3 is 10.2 Å². The Labute approximate surface area is 197 Å². The van der Waals surface area contributed by atoms with Crippen LogP contribution >= 0.6 is 11.6 Å². The minimum atomic E-state index is -0.495. The molecule has 0 spiro atoms. The SMILES string of the molecule is CC[C@@H](C(=O)NC1CCCCC1)N(Cc1ccc(Cl)cc1)C(=O)Cc1cc(C)ccc1C. The van der Waals surface area contributed by atoms with E-state index in [0.717, 1.165) is 47.9 Å². The molecule has 1 N–H and O–H groups in total. The fraction of sp³-hybridized carbons (Fsp3) is 0.481. The first-order valence-electron chi connectivity index (χ1n) is 11.8. The lowest BCUT2D eigenvalue weighted by atomic mass is 9.95. The third-order valence-electron chi connectivity index (χ3n) is 6.45. The number of hydrogen-bond acceptors (Lipinski definition) is 2. The molecule has 1 aliphatic rings. The lowest BCUT2D eigenvalue weighted by molar-refractivity contribution is -0.141. The van der Waals surface area contributed by atoms with Crippen molar-refractivity contribution < 1.29 is 9.59 Å². The molecule has 0 aliphatic heterocycles. The molecule has 2 aromatic carbocycles. The predicted octanol–water partition coefficient (Wildman–Crippen LogP) is 5.76. The number of aryl methyl sites for hydroxylation is 2. The average Bonchev–Trinajstić information content (AvgIpc) is 2.78. The summed E-state index contributed by atoms with van der Waals surface area (Å²) >= 11 is 6.05. The van der Waals surface area contributed by atoms with Crippen molar-refractivity contribution in [2.45, 2.75) is 84.3 Å². The molecule has 5 heteroatoms. The first kappa shape index (κ1) is 24.3. The Kier molecular flexibility index (Phi) is 8.75. The van der Waals surface area contributed by atoms with E-state index >= 15 is 0 Å². The van der Waals surface area contributed by atoms with Gasteiger partial charge in [-0.1, -0.05) is 73.7 Å². The summed E-state index contributed by atoms with van der Waals surface area (Å²) in [6.07, 6.45) is 6.45. The number of carbonyl (C=O) groups is 2. The van der Waals surface area contributed by atoms with Crippen LogP contribution in [0.15, 0.2) is 42.5 Å². The summed E-state index contributed by atoms with van der Waals surface area (Å²) in [5, 5.41) is 3.89. The normalized spacial score (nSPS) is 15.2. The third kappa shape index (κ3) is 6.59. The predicted molar refractivity (Wildman–Crippen MR) is 131 cm³/mol. The van der Waals surface area contributed by atoms with E-state index in [-0.39, 0.29) is 24.3 Å². The quantitative estimate of drug-likeness (QED) is 0.551. The van der Waals surface area contributed by atoms with Gasteiger partial charge in [0.2, 0.25) is 11.8 Å². The molecule has 0 bridgehead atoms. The molecular formula is C27H35ClN2O2. The zero-order chi connectivity index (χ0) is 23.1. The highest BCUT2D eigenvalue weighted by atomic mass is 35.5. The Bertz CT molecular complexity index is 920. The molecule has 0 heterocycles. The summed E-state index contributed by atoms with van der Waals surface area (Å²) in [6.45, 7) is 6.42. The molecule has 32 heavy (non-hydrogen) atoms. The lowest BCUT2D eigenvalue weighted by Crippen LogP contribution is -2.52. The van der Waals surface area contributed by atoms with Crippen LogP contribution in [0.2, 0.25) is 5.02 Å². The molecule has 3 rings (SSSR count). The number of hydrogen-bond donors (Lipinski definition) is 1. The highest BCUT2D eigenvalue weighted by Crippen LogP contribution is 2.21. The number of carbonyl (C=O) groups excluding carboxylic acids is 2. The molecule has 4 nitrogen and oxygen atoms in total. The maximum atomic E-state index is 13.6. The molecule has 1 aliphatic carbocycles. The second kappa shape index (κ2) is 11.5. The Morgan fingerprint density at radius 2 is 1.75 bits per heavy atom. The fourth-order valence-electron chi connectivity index (χ4n) is 4.51. The number of nitrogens with zero attached hydrogens (tertiary/aromatic N) is 1. The third-order valence-corrected chi connectivity index (χ3v) is 6.70. The molecule has 0 aromatic heterocycles. The van der Waals surface area contributed by atoms with E-state index in [9.17, 15) is 9.59 Å². The fourth-order valence-corrected chi connectivity index (χ4v) is 4.63. The lowest BCUT2D eigenvalue weighted by Gasteiger charge is -2.33. The zero-order valence-corrected chi connectivity index (χ0v) is 20.3.